The molecule has 4 rings (SSSR count). The zero-order valence-electron chi connectivity index (χ0n) is 13.5. The Labute approximate surface area is 136 Å². The summed E-state index contributed by atoms with van der Waals surface area (Å²) in [6.45, 7) is 4.63. The normalized spacial score (nSPS) is 20.4. The average molecular weight is 312 g/mol. The minimum Gasteiger partial charge on any atom is -0.341 e. The number of hydrogen-bond donors (Lipinski definition) is 0. The van der Waals surface area contributed by atoms with Crippen molar-refractivity contribution in [3.05, 3.63) is 30.5 Å². The molecular formula is C18H24N4O. The summed E-state index contributed by atoms with van der Waals surface area (Å²) in [5, 5.41) is 5.58. The Kier molecular flexibility index (Phi) is 4.04. The van der Waals surface area contributed by atoms with Gasteiger partial charge in [-0.2, -0.15) is 5.10 Å². The molecule has 0 N–H and O–H groups in total. The standard InChI is InChI=1S/C18H24N4O/c23-18(14-22-13-15-5-1-2-6-17(15)19-22)21-11-7-16(8-12-21)20-9-3-4-10-20/h1-2,5-6,13,16H,3-4,7-12,14H2. The second kappa shape index (κ2) is 6.32. The van der Waals surface area contributed by atoms with E-state index in [0.29, 0.717) is 12.6 Å². The number of benzene rings is 1. The van der Waals surface area contributed by atoms with E-state index in [4.69, 9.17) is 0 Å². The lowest BCUT2D eigenvalue weighted by Crippen LogP contribution is -2.46. The maximum absolute atomic E-state index is 12.5. The number of rotatable bonds is 3. The van der Waals surface area contributed by atoms with Crippen LogP contribution in [0.4, 0.5) is 0 Å². The van der Waals surface area contributed by atoms with Gasteiger partial charge in [0, 0.05) is 30.7 Å². The average Bonchev–Trinajstić information content (AvgIpc) is 3.24. The molecule has 2 aliphatic rings. The first kappa shape index (κ1) is 14.7. The van der Waals surface area contributed by atoms with Crippen LogP contribution in [0.3, 0.4) is 0 Å². The van der Waals surface area contributed by atoms with Crippen molar-refractivity contribution in [3.63, 3.8) is 0 Å². The summed E-state index contributed by atoms with van der Waals surface area (Å²) in [6.07, 6.45) is 6.88. The van der Waals surface area contributed by atoms with Crippen LogP contribution in [0.2, 0.25) is 0 Å². The number of carbonyl (C=O) groups excluding carboxylic acids is 1. The van der Waals surface area contributed by atoms with Crippen molar-refractivity contribution in [1.82, 2.24) is 19.6 Å². The van der Waals surface area contributed by atoms with E-state index in [1.165, 1.54) is 25.9 Å². The lowest BCUT2D eigenvalue weighted by atomic mass is 10.0. The molecule has 122 valence electrons. The molecule has 23 heavy (non-hydrogen) atoms. The van der Waals surface area contributed by atoms with Gasteiger partial charge in [0.15, 0.2) is 0 Å². The Hall–Kier alpha value is -1.88. The smallest absolute Gasteiger partial charge is 0.244 e. The van der Waals surface area contributed by atoms with Crippen LogP contribution in [0.1, 0.15) is 25.7 Å². The van der Waals surface area contributed by atoms with Gasteiger partial charge in [0.05, 0.1) is 5.52 Å². The van der Waals surface area contributed by atoms with E-state index >= 15 is 0 Å². The van der Waals surface area contributed by atoms with E-state index < -0.39 is 0 Å². The van der Waals surface area contributed by atoms with Gasteiger partial charge >= 0.3 is 0 Å². The highest BCUT2D eigenvalue weighted by molar-refractivity contribution is 5.79. The van der Waals surface area contributed by atoms with Crippen LogP contribution in [0.15, 0.2) is 30.5 Å². The molecule has 2 fully saturated rings. The molecule has 2 aliphatic heterocycles. The monoisotopic (exact) mass is 312 g/mol. The van der Waals surface area contributed by atoms with Crippen LogP contribution >= 0.6 is 0 Å². The van der Waals surface area contributed by atoms with Gasteiger partial charge in [-0.05, 0) is 44.8 Å². The first-order chi connectivity index (χ1) is 11.3. The highest BCUT2D eigenvalue weighted by atomic mass is 16.2. The molecule has 1 amide bonds. The predicted octanol–water partition coefficient (Wildman–Crippen LogP) is 2.12. The number of hydrogen-bond acceptors (Lipinski definition) is 3. The van der Waals surface area contributed by atoms with Gasteiger partial charge in [0.2, 0.25) is 5.91 Å². The van der Waals surface area contributed by atoms with Crippen LogP contribution in [0.5, 0.6) is 0 Å². The minimum atomic E-state index is 0.192. The van der Waals surface area contributed by atoms with E-state index in [1.54, 1.807) is 4.68 Å². The van der Waals surface area contributed by atoms with Gasteiger partial charge in [-0.1, -0.05) is 18.2 Å². The van der Waals surface area contributed by atoms with Crippen molar-refractivity contribution in [2.45, 2.75) is 38.3 Å². The van der Waals surface area contributed by atoms with E-state index in [-0.39, 0.29) is 5.91 Å². The third-order valence-electron chi connectivity index (χ3n) is 5.23. The highest BCUT2D eigenvalue weighted by Crippen LogP contribution is 2.21. The molecule has 3 heterocycles. The van der Waals surface area contributed by atoms with Crippen molar-refractivity contribution >= 4 is 16.8 Å². The number of amides is 1. The van der Waals surface area contributed by atoms with Gasteiger partial charge in [0.25, 0.3) is 0 Å². The van der Waals surface area contributed by atoms with E-state index in [9.17, 15) is 4.79 Å². The van der Waals surface area contributed by atoms with Crippen LogP contribution in [-0.4, -0.2) is 57.7 Å². The molecule has 0 spiro atoms. The second-order valence-electron chi connectivity index (χ2n) is 6.74. The Balaban J connectivity index is 1.34. The highest BCUT2D eigenvalue weighted by Gasteiger charge is 2.28. The van der Waals surface area contributed by atoms with Gasteiger partial charge in [-0.15, -0.1) is 0 Å². The third-order valence-corrected chi connectivity index (χ3v) is 5.23. The number of carbonyl (C=O) groups is 1. The lowest BCUT2D eigenvalue weighted by molar-refractivity contribution is -0.133. The molecule has 0 aliphatic carbocycles. The topological polar surface area (TPSA) is 41.4 Å². The first-order valence-corrected chi connectivity index (χ1v) is 8.73. The number of nitrogens with zero attached hydrogens (tertiary/aromatic N) is 4. The molecule has 0 saturated carbocycles. The SMILES string of the molecule is O=C(Cn1cc2ccccc2n1)N1CCC(N2CCCC2)CC1. The van der Waals surface area contributed by atoms with Crippen LogP contribution in [-0.2, 0) is 11.3 Å². The number of likely N-dealkylation sites (tertiary alicyclic amines) is 2. The Morgan fingerprint density at radius 3 is 2.57 bits per heavy atom. The largest absolute Gasteiger partial charge is 0.341 e. The van der Waals surface area contributed by atoms with Crippen molar-refractivity contribution in [1.29, 1.82) is 0 Å². The summed E-state index contributed by atoms with van der Waals surface area (Å²) in [4.78, 5) is 17.1. The molecule has 0 atom stereocenters. The zero-order chi connectivity index (χ0) is 15.6. The van der Waals surface area contributed by atoms with Gasteiger partial charge in [0.1, 0.15) is 6.54 Å². The number of fused-ring (bicyclic) bond motifs is 1. The van der Waals surface area contributed by atoms with Crippen LogP contribution in [0.25, 0.3) is 10.9 Å². The molecular weight excluding hydrogens is 288 g/mol. The van der Waals surface area contributed by atoms with Crippen LogP contribution < -0.4 is 0 Å². The van der Waals surface area contributed by atoms with E-state index in [0.717, 1.165) is 36.8 Å². The summed E-state index contributed by atoms with van der Waals surface area (Å²) in [6, 6.07) is 8.68. The van der Waals surface area contributed by atoms with E-state index in [2.05, 4.69) is 10.00 Å². The summed E-state index contributed by atoms with van der Waals surface area (Å²) in [5.41, 5.74) is 0.952. The fraction of sp³-hybridized carbons (Fsp3) is 0.556. The minimum absolute atomic E-state index is 0.192. The molecule has 5 nitrogen and oxygen atoms in total. The molecule has 0 unspecified atom stereocenters. The van der Waals surface area contributed by atoms with Crippen LogP contribution in [0, 0.1) is 0 Å². The molecule has 1 aromatic carbocycles. The van der Waals surface area contributed by atoms with Gasteiger partial charge < -0.3 is 9.80 Å². The Bertz CT molecular complexity index is 648. The van der Waals surface area contributed by atoms with Gasteiger partial charge in [-0.25, -0.2) is 0 Å². The zero-order valence-corrected chi connectivity index (χ0v) is 13.5. The summed E-state index contributed by atoms with van der Waals surface area (Å²) >= 11 is 0. The van der Waals surface area contributed by atoms with Crippen molar-refractivity contribution in [2.75, 3.05) is 26.2 Å². The quantitative estimate of drug-likeness (QED) is 0.872. The fourth-order valence-corrected chi connectivity index (χ4v) is 3.92. The Morgan fingerprint density at radius 1 is 1.09 bits per heavy atom. The summed E-state index contributed by atoms with van der Waals surface area (Å²) in [5.74, 6) is 0.192. The van der Waals surface area contributed by atoms with E-state index in [1.807, 2.05) is 35.4 Å². The summed E-state index contributed by atoms with van der Waals surface area (Å²) in [7, 11) is 0. The molecule has 0 bridgehead atoms. The third kappa shape index (κ3) is 3.11. The summed E-state index contributed by atoms with van der Waals surface area (Å²) < 4.78 is 1.78. The maximum Gasteiger partial charge on any atom is 0.244 e. The predicted molar refractivity (Wildman–Crippen MR) is 90.1 cm³/mol. The second-order valence-corrected chi connectivity index (χ2v) is 6.74. The molecule has 2 aromatic rings. The fourth-order valence-electron chi connectivity index (χ4n) is 3.92. The Morgan fingerprint density at radius 2 is 1.83 bits per heavy atom. The number of piperidine rings is 1. The lowest BCUT2D eigenvalue weighted by Gasteiger charge is -2.36. The van der Waals surface area contributed by atoms with Crippen molar-refractivity contribution in [3.8, 4) is 0 Å². The number of aromatic nitrogens is 2. The van der Waals surface area contributed by atoms with Crippen molar-refractivity contribution in [2.24, 2.45) is 0 Å². The molecule has 2 saturated heterocycles. The van der Waals surface area contributed by atoms with Gasteiger partial charge in [-0.3, -0.25) is 9.48 Å². The molecule has 0 radical (unpaired) electrons. The van der Waals surface area contributed by atoms with Crippen molar-refractivity contribution < 1.29 is 4.79 Å². The molecule has 5 heteroatoms. The first-order valence-electron chi connectivity index (χ1n) is 8.73. The maximum atomic E-state index is 12.5. The molecule has 1 aromatic heterocycles.